The minimum atomic E-state index is -1.26. The Hall–Kier alpha value is -2.09. The van der Waals surface area contributed by atoms with E-state index in [0.717, 1.165) is 12.2 Å². The Kier molecular flexibility index (Phi) is 7.98. The number of aliphatic hydroxyl groups is 2. The summed E-state index contributed by atoms with van der Waals surface area (Å²) >= 11 is 0. The second-order valence-electron chi connectivity index (χ2n) is 4.27. The van der Waals surface area contributed by atoms with Gasteiger partial charge >= 0.3 is 5.97 Å². The summed E-state index contributed by atoms with van der Waals surface area (Å²) in [4.78, 5) is 11.1. The lowest BCUT2D eigenvalue weighted by molar-refractivity contribution is -0.148. The van der Waals surface area contributed by atoms with E-state index in [-0.39, 0.29) is 13.4 Å². The van der Waals surface area contributed by atoms with Crippen LogP contribution in [0.3, 0.4) is 0 Å². The minimum Gasteiger partial charge on any atom is -0.497 e. The van der Waals surface area contributed by atoms with Crippen LogP contribution in [0, 0.1) is 0 Å². The number of methoxy groups -OCH3 is 2. The first kappa shape index (κ1) is 18.0. The summed E-state index contributed by atoms with van der Waals surface area (Å²) in [5.41, 5.74) is 0. The molecule has 0 spiro atoms. The monoisotopic (exact) mass is 312 g/mol. The van der Waals surface area contributed by atoms with Gasteiger partial charge in [-0.05, 0) is 30.3 Å². The molecule has 2 N–H and O–H groups in total. The molecule has 1 aromatic rings. The quantitative estimate of drug-likeness (QED) is 0.389. The van der Waals surface area contributed by atoms with E-state index in [1.54, 1.807) is 31.4 Å². The largest absolute Gasteiger partial charge is 0.497 e. The number of hydrogen-bond acceptors (Lipinski definition) is 7. The normalized spacial score (nSPS) is 13.6. The Balaban J connectivity index is 2.38. The molecule has 0 aliphatic heterocycles. The summed E-state index contributed by atoms with van der Waals surface area (Å²) in [5, 5.41) is 19.4. The van der Waals surface area contributed by atoms with Crippen LogP contribution >= 0.6 is 0 Å². The van der Waals surface area contributed by atoms with Crippen molar-refractivity contribution in [1.29, 1.82) is 0 Å². The highest BCUT2D eigenvalue weighted by Crippen LogP contribution is 2.17. The average molecular weight is 312 g/mol. The molecule has 0 bridgehead atoms. The fourth-order valence-corrected chi connectivity index (χ4v) is 1.42. The van der Waals surface area contributed by atoms with Crippen LogP contribution in [-0.4, -0.2) is 56.0 Å². The van der Waals surface area contributed by atoms with E-state index in [9.17, 15) is 15.0 Å². The van der Waals surface area contributed by atoms with Gasteiger partial charge in [-0.1, -0.05) is 0 Å². The van der Waals surface area contributed by atoms with Crippen LogP contribution < -0.4 is 9.47 Å². The first-order chi connectivity index (χ1) is 10.6. The maximum atomic E-state index is 11.1. The van der Waals surface area contributed by atoms with Crippen molar-refractivity contribution in [2.24, 2.45) is 0 Å². The number of ether oxygens (including phenoxy) is 4. The summed E-state index contributed by atoms with van der Waals surface area (Å²) < 4.78 is 19.5. The van der Waals surface area contributed by atoms with Crippen molar-refractivity contribution in [2.75, 3.05) is 27.6 Å². The Labute approximate surface area is 128 Å². The molecule has 1 rings (SSSR count). The molecule has 0 saturated heterocycles. The lowest BCUT2D eigenvalue weighted by atomic mass is 10.2. The second-order valence-corrected chi connectivity index (χ2v) is 4.27. The number of aliphatic hydroxyl groups excluding tert-OH is 2. The van der Waals surface area contributed by atoms with E-state index in [4.69, 9.17) is 9.47 Å². The van der Waals surface area contributed by atoms with Crippen LogP contribution in [0.1, 0.15) is 0 Å². The van der Waals surface area contributed by atoms with Crippen molar-refractivity contribution >= 4 is 5.97 Å². The molecule has 22 heavy (non-hydrogen) atoms. The molecule has 7 nitrogen and oxygen atoms in total. The zero-order valence-electron chi connectivity index (χ0n) is 12.5. The number of rotatable bonds is 9. The van der Waals surface area contributed by atoms with E-state index in [2.05, 4.69) is 9.47 Å². The molecule has 7 heteroatoms. The summed E-state index contributed by atoms with van der Waals surface area (Å²) in [5.74, 6) is 0.533. The van der Waals surface area contributed by atoms with Gasteiger partial charge in [0.25, 0.3) is 0 Å². The summed E-state index contributed by atoms with van der Waals surface area (Å²) in [6.07, 6.45) is -0.303. The standard InChI is InChI=1S/C15H20O7/c1-19-10-22-15(18)8-7-13(16)14(17)9-21-12-5-3-11(20-2)4-6-12/h3-8,13-14,16-17H,9-10H2,1-2H3/t13-,14-/m1/s1. The molecular formula is C15H20O7. The Morgan fingerprint density at radius 1 is 1.18 bits per heavy atom. The Bertz CT molecular complexity index is 469. The van der Waals surface area contributed by atoms with Crippen LogP contribution in [-0.2, 0) is 14.3 Å². The highest BCUT2D eigenvalue weighted by molar-refractivity contribution is 5.81. The minimum absolute atomic E-state index is 0.134. The molecule has 0 aromatic heterocycles. The molecule has 2 atom stereocenters. The number of carbonyl (C=O) groups excluding carboxylic acids is 1. The van der Waals surface area contributed by atoms with Crippen LogP contribution in [0.4, 0.5) is 0 Å². The lowest BCUT2D eigenvalue weighted by Crippen LogP contribution is -2.30. The summed E-state index contributed by atoms with van der Waals surface area (Å²) in [6, 6.07) is 6.78. The molecule has 0 unspecified atom stereocenters. The molecule has 0 radical (unpaired) electrons. The van der Waals surface area contributed by atoms with Gasteiger partial charge in [0.05, 0.1) is 7.11 Å². The molecule has 0 heterocycles. The van der Waals surface area contributed by atoms with E-state index in [0.29, 0.717) is 11.5 Å². The number of hydrogen-bond donors (Lipinski definition) is 2. The summed E-state index contributed by atoms with van der Waals surface area (Å²) in [7, 11) is 2.94. The van der Waals surface area contributed by atoms with Gasteiger partial charge in [0, 0.05) is 13.2 Å². The fourth-order valence-electron chi connectivity index (χ4n) is 1.42. The van der Waals surface area contributed by atoms with Crippen molar-refractivity contribution < 1.29 is 34.0 Å². The summed E-state index contributed by atoms with van der Waals surface area (Å²) in [6.45, 7) is -0.312. The second kappa shape index (κ2) is 9.78. The first-order valence-electron chi connectivity index (χ1n) is 6.53. The van der Waals surface area contributed by atoms with Gasteiger partial charge in [0.1, 0.15) is 30.3 Å². The lowest BCUT2D eigenvalue weighted by Gasteiger charge is -2.15. The molecule has 0 aliphatic carbocycles. The van der Waals surface area contributed by atoms with Gasteiger partial charge in [-0.3, -0.25) is 0 Å². The first-order valence-corrected chi connectivity index (χ1v) is 6.53. The molecule has 0 aliphatic rings. The SMILES string of the molecule is COCOC(=O)C=C[C@@H](O)[C@H](O)COc1ccc(OC)cc1. The molecule has 0 fully saturated rings. The number of carbonyl (C=O) groups is 1. The average Bonchev–Trinajstić information content (AvgIpc) is 2.55. The van der Waals surface area contributed by atoms with Crippen molar-refractivity contribution in [3.8, 4) is 11.5 Å². The maximum absolute atomic E-state index is 11.1. The topological polar surface area (TPSA) is 94.5 Å². The fraction of sp³-hybridized carbons (Fsp3) is 0.400. The van der Waals surface area contributed by atoms with Crippen LogP contribution in [0.25, 0.3) is 0 Å². The predicted octanol–water partition coefficient (Wildman–Crippen LogP) is 0.499. The molecule has 0 saturated carbocycles. The smallest absolute Gasteiger partial charge is 0.332 e. The van der Waals surface area contributed by atoms with Crippen molar-refractivity contribution in [3.05, 3.63) is 36.4 Å². The Morgan fingerprint density at radius 2 is 1.82 bits per heavy atom. The third-order valence-electron chi connectivity index (χ3n) is 2.62. The van der Waals surface area contributed by atoms with E-state index in [1.807, 2.05) is 0 Å². The van der Waals surface area contributed by atoms with E-state index in [1.165, 1.54) is 7.11 Å². The van der Waals surface area contributed by atoms with E-state index < -0.39 is 18.2 Å². The number of esters is 1. The van der Waals surface area contributed by atoms with Crippen molar-refractivity contribution in [1.82, 2.24) is 0 Å². The van der Waals surface area contributed by atoms with Crippen molar-refractivity contribution in [2.45, 2.75) is 12.2 Å². The Morgan fingerprint density at radius 3 is 2.41 bits per heavy atom. The third kappa shape index (κ3) is 6.57. The van der Waals surface area contributed by atoms with Gasteiger partial charge in [0.2, 0.25) is 0 Å². The highest BCUT2D eigenvalue weighted by atomic mass is 16.7. The van der Waals surface area contributed by atoms with Gasteiger partial charge in [-0.15, -0.1) is 0 Å². The van der Waals surface area contributed by atoms with E-state index >= 15 is 0 Å². The van der Waals surface area contributed by atoms with Crippen LogP contribution in [0.2, 0.25) is 0 Å². The third-order valence-corrected chi connectivity index (χ3v) is 2.62. The molecule has 1 aromatic carbocycles. The van der Waals surface area contributed by atoms with Gasteiger partial charge in [-0.25, -0.2) is 4.79 Å². The van der Waals surface area contributed by atoms with Gasteiger partial charge in [-0.2, -0.15) is 0 Å². The predicted molar refractivity (Wildman–Crippen MR) is 77.6 cm³/mol. The zero-order chi connectivity index (χ0) is 16.4. The maximum Gasteiger partial charge on any atom is 0.332 e. The van der Waals surface area contributed by atoms with Gasteiger partial charge < -0.3 is 29.2 Å². The molecule has 122 valence electrons. The van der Waals surface area contributed by atoms with Crippen molar-refractivity contribution in [3.63, 3.8) is 0 Å². The zero-order valence-corrected chi connectivity index (χ0v) is 12.5. The highest BCUT2D eigenvalue weighted by Gasteiger charge is 2.14. The van der Waals surface area contributed by atoms with Crippen LogP contribution in [0.15, 0.2) is 36.4 Å². The van der Waals surface area contributed by atoms with Gasteiger partial charge in [0.15, 0.2) is 6.79 Å². The van der Waals surface area contributed by atoms with Crippen LogP contribution in [0.5, 0.6) is 11.5 Å². The number of benzene rings is 1. The molecule has 0 amide bonds. The molecular weight excluding hydrogens is 292 g/mol.